The van der Waals surface area contributed by atoms with Gasteiger partial charge in [-0.15, -0.1) is 5.73 Å². The van der Waals surface area contributed by atoms with Gasteiger partial charge in [0.15, 0.2) is 6.04 Å². The number of esters is 1. The lowest BCUT2D eigenvalue weighted by Crippen LogP contribution is -2.35. The zero-order valence-corrected chi connectivity index (χ0v) is 15.7. The molecule has 0 bridgehead atoms. The molecule has 1 N–H and O–H groups in total. The molecule has 0 aromatic carbocycles. The van der Waals surface area contributed by atoms with Crippen molar-refractivity contribution in [3.05, 3.63) is 12.2 Å². The van der Waals surface area contributed by atoms with E-state index in [1.54, 1.807) is 6.92 Å². The average Bonchev–Trinajstić information content (AvgIpc) is 2.58. The molecule has 4 nitrogen and oxygen atoms in total. The first kappa shape index (κ1) is 23.1. The number of rotatable bonds is 16. The Morgan fingerprint density at radius 3 is 1.96 bits per heavy atom. The lowest BCUT2D eigenvalue weighted by molar-refractivity contribution is -0.146. The first-order chi connectivity index (χ1) is 11.6. The van der Waals surface area contributed by atoms with Crippen LogP contribution in [-0.2, 0) is 9.53 Å². The second-order valence-electron chi connectivity index (χ2n) is 6.44. The van der Waals surface area contributed by atoms with Crippen molar-refractivity contribution in [2.75, 3.05) is 6.61 Å². The van der Waals surface area contributed by atoms with E-state index in [1.165, 1.54) is 70.3 Å². The van der Waals surface area contributed by atoms with Crippen LogP contribution in [0.25, 0.3) is 0 Å². The molecule has 0 heterocycles. The molecule has 2 unspecified atom stereocenters. The standard InChI is InChI=1S/C20H37NO3/c1-3-5-6-7-8-9-10-11-12-13-14-15-16-17-18(22)19(21)20(23)24-4-2/h16-19,22H,3-15H2,1-2H3. The fourth-order valence-corrected chi connectivity index (χ4v) is 2.63. The van der Waals surface area contributed by atoms with Gasteiger partial charge >= 0.3 is 5.97 Å². The van der Waals surface area contributed by atoms with Crippen molar-refractivity contribution in [1.29, 1.82) is 0 Å². The van der Waals surface area contributed by atoms with Crippen LogP contribution >= 0.6 is 0 Å². The first-order valence-electron chi connectivity index (χ1n) is 9.82. The number of unbranched alkanes of at least 4 members (excludes halogenated alkanes) is 11. The third kappa shape index (κ3) is 13.6. The number of hydrogen-bond acceptors (Lipinski definition) is 3. The van der Waals surface area contributed by atoms with Gasteiger partial charge in [0.2, 0.25) is 0 Å². The normalized spacial score (nSPS) is 14.0. The Labute approximate surface area is 148 Å². The highest BCUT2D eigenvalue weighted by atomic mass is 16.5. The second kappa shape index (κ2) is 17.0. The smallest absolute Gasteiger partial charge is 0.329 e. The van der Waals surface area contributed by atoms with Gasteiger partial charge in [0.25, 0.3) is 0 Å². The zero-order valence-electron chi connectivity index (χ0n) is 15.7. The molecular weight excluding hydrogens is 302 g/mol. The molecule has 0 rings (SSSR count). The van der Waals surface area contributed by atoms with Crippen LogP contribution in [0.1, 0.15) is 90.9 Å². The molecule has 0 aromatic rings. The van der Waals surface area contributed by atoms with Crippen LogP contribution < -0.4 is 5.73 Å². The highest BCUT2D eigenvalue weighted by Gasteiger charge is 2.23. The number of hydrogen-bond donors (Lipinski definition) is 1. The first-order valence-corrected chi connectivity index (χ1v) is 9.82. The van der Waals surface area contributed by atoms with Crippen LogP contribution in [0, 0.1) is 0 Å². The summed E-state index contributed by atoms with van der Waals surface area (Å²) in [5.41, 5.74) is 9.53. The average molecular weight is 340 g/mol. The number of ether oxygens (including phenoxy) is 1. The van der Waals surface area contributed by atoms with E-state index in [4.69, 9.17) is 0 Å². The van der Waals surface area contributed by atoms with E-state index < -0.39 is 18.1 Å². The number of carbonyl (C=O) groups is 1. The van der Waals surface area contributed by atoms with Crippen molar-refractivity contribution in [3.63, 3.8) is 0 Å². The molecule has 0 fully saturated rings. The number of aliphatic hydroxyl groups excluding tert-OH is 1. The topological polar surface area (TPSA) is 68.8 Å². The summed E-state index contributed by atoms with van der Waals surface area (Å²) in [4.78, 5) is 11.3. The second-order valence-corrected chi connectivity index (χ2v) is 6.44. The van der Waals surface area contributed by atoms with Crippen LogP contribution in [0.3, 0.4) is 0 Å². The molecule has 0 aliphatic carbocycles. The van der Waals surface area contributed by atoms with Crippen LogP contribution in [0.2, 0.25) is 0 Å². The van der Waals surface area contributed by atoms with Crippen LogP contribution in [0.4, 0.5) is 0 Å². The van der Waals surface area contributed by atoms with Gasteiger partial charge in [-0.05, 0) is 19.8 Å². The molecule has 0 saturated carbocycles. The number of aliphatic hydroxyl groups is 1. The fourth-order valence-electron chi connectivity index (χ4n) is 2.63. The molecule has 0 amide bonds. The third-order valence-electron chi connectivity index (χ3n) is 4.16. The Hall–Kier alpha value is -0.870. The molecule has 2 atom stereocenters. The van der Waals surface area contributed by atoms with Gasteiger partial charge in [-0.3, -0.25) is 4.79 Å². The van der Waals surface area contributed by atoms with Gasteiger partial charge in [-0.1, -0.05) is 83.3 Å². The summed E-state index contributed by atoms with van der Waals surface area (Å²) in [7, 11) is 0. The van der Waals surface area contributed by atoms with Gasteiger partial charge in [0.05, 0.1) is 6.61 Å². The Bertz CT molecular complexity index is 318. The van der Waals surface area contributed by atoms with E-state index in [-0.39, 0.29) is 6.61 Å². The summed E-state index contributed by atoms with van der Waals surface area (Å²) >= 11 is 0. The van der Waals surface area contributed by atoms with Crippen LogP contribution in [-0.4, -0.2) is 29.8 Å². The van der Waals surface area contributed by atoms with E-state index in [0.29, 0.717) is 0 Å². The van der Waals surface area contributed by atoms with Crippen LogP contribution in [0.5, 0.6) is 0 Å². The van der Waals surface area contributed by atoms with E-state index in [2.05, 4.69) is 11.7 Å². The molecule has 4 heteroatoms. The molecule has 0 aromatic heterocycles. The van der Waals surface area contributed by atoms with Crippen LogP contribution in [0.15, 0.2) is 12.2 Å². The number of carbonyl (C=O) groups excluding carboxylic acids is 1. The number of nitrogens with zero attached hydrogens (tertiary/aromatic N) is 1. The molecule has 0 spiro atoms. The van der Waals surface area contributed by atoms with Crippen molar-refractivity contribution in [2.45, 2.75) is 103 Å². The monoisotopic (exact) mass is 339 g/mol. The van der Waals surface area contributed by atoms with Crippen molar-refractivity contribution in [2.24, 2.45) is 0 Å². The molecule has 140 valence electrons. The van der Waals surface area contributed by atoms with Crippen molar-refractivity contribution < 1.29 is 14.6 Å². The van der Waals surface area contributed by atoms with E-state index >= 15 is 0 Å². The SMILES string of the molecule is CCCCCCCCCCCCCC=CC(O)C([N])C(=O)OCC. The van der Waals surface area contributed by atoms with Crippen molar-refractivity contribution >= 4 is 5.97 Å². The zero-order chi connectivity index (χ0) is 18.0. The highest BCUT2D eigenvalue weighted by Crippen LogP contribution is 2.12. The molecule has 0 aliphatic heterocycles. The fraction of sp³-hybridized carbons (Fsp3) is 0.850. The van der Waals surface area contributed by atoms with Gasteiger partial charge in [0, 0.05) is 0 Å². The lowest BCUT2D eigenvalue weighted by Gasteiger charge is -2.11. The van der Waals surface area contributed by atoms with Gasteiger partial charge in [0.1, 0.15) is 6.10 Å². The van der Waals surface area contributed by atoms with Crippen molar-refractivity contribution in [3.8, 4) is 0 Å². The van der Waals surface area contributed by atoms with Gasteiger partial charge in [-0.25, -0.2) is 0 Å². The van der Waals surface area contributed by atoms with Gasteiger partial charge < -0.3 is 9.84 Å². The minimum atomic E-state index is -1.49. The van der Waals surface area contributed by atoms with E-state index in [1.807, 2.05) is 6.08 Å². The minimum Gasteiger partial charge on any atom is -0.465 e. The third-order valence-corrected chi connectivity index (χ3v) is 4.16. The predicted molar refractivity (Wildman–Crippen MR) is 98.8 cm³/mol. The Morgan fingerprint density at radius 2 is 1.46 bits per heavy atom. The lowest BCUT2D eigenvalue weighted by atomic mass is 10.0. The summed E-state index contributed by atoms with van der Waals surface area (Å²) in [6.07, 6.45) is 17.4. The Morgan fingerprint density at radius 1 is 0.958 bits per heavy atom. The van der Waals surface area contributed by atoms with Crippen molar-refractivity contribution in [1.82, 2.24) is 5.73 Å². The quantitative estimate of drug-likeness (QED) is 0.254. The Balaban J connectivity index is 3.44. The molecule has 2 radical (unpaired) electrons. The maximum absolute atomic E-state index is 11.3. The highest BCUT2D eigenvalue weighted by molar-refractivity contribution is 5.76. The summed E-state index contributed by atoms with van der Waals surface area (Å²) in [5.74, 6) is -0.774. The molecule has 0 saturated heterocycles. The predicted octanol–water partition coefficient (Wildman–Crippen LogP) is 4.61. The largest absolute Gasteiger partial charge is 0.465 e. The maximum atomic E-state index is 11.3. The minimum absolute atomic E-state index is 0.199. The Kier molecular flexibility index (Phi) is 16.4. The van der Waals surface area contributed by atoms with Gasteiger partial charge in [-0.2, -0.15) is 0 Å². The molecule has 0 aliphatic rings. The summed E-state index contributed by atoms with van der Waals surface area (Å²) < 4.78 is 4.66. The molecular formula is C20H37NO3. The summed E-state index contributed by atoms with van der Waals surface area (Å²) in [6.45, 7) is 4.11. The van der Waals surface area contributed by atoms with E-state index in [9.17, 15) is 15.6 Å². The maximum Gasteiger partial charge on any atom is 0.329 e. The summed E-state index contributed by atoms with van der Waals surface area (Å²) in [6, 6.07) is -1.49. The summed E-state index contributed by atoms with van der Waals surface area (Å²) in [5, 5.41) is 9.65. The number of allylic oxidation sites excluding steroid dienone is 1. The van der Waals surface area contributed by atoms with E-state index in [0.717, 1.165) is 12.8 Å². The molecule has 24 heavy (non-hydrogen) atoms.